The van der Waals surface area contributed by atoms with Gasteiger partial charge in [-0.05, 0) is 23.8 Å². The second kappa shape index (κ2) is 5.55. The SMILES string of the molecule is Brc1ccc(CNCc2ccoc2)c2ncccc12. The van der Waals surface area contributed by atoms with Crippen molar-refractivity contribution in [3.8, 4) is 0 Å². The van der Waals surface area contributed by atoms with Gasteiger partial charge in [0.1, 0.15) is 0 Å². The van der Waals surface area contributed by atoms with Gasteiger partial charge in [0.2, 0.25) is 0 Å². The smallest absolute Gasteiger partial charge is 0.0947 e. The van der Waals surface area contributed by atoms with E-state index < -0.39 is 0 Å². The third kappa shape index (κ3) is 2.69. The van der Waals surface area contributed by atoms with Gasteiger partial charge < -0.3 is 9.73 Å². The van der Waals surface area contributed by atoms with E-state index in [1.165, 1.54) is 5.56 Å². The molecule has 1 N–H and O–H groups in total. The van der Waals surface area contributed by atoms with Crippen molar-refractivity contribution in [2.24, 2.45) is 0 Å². The predicted octanol–water partition coefficient (Wildman–Crippen LogP) is 3.88. The van der Waals surface area contributed by atoms with Gasteiger partial charge in [-0.3, -0.25) is 4.98 Å². The minimum atomic E-state index is 0.784. The van der Waals surface area contributed by atoms with E-state index in [2.05, 4.69) is 44.4 Å². The summed E-state index contributed by atoms with van der Waals surface area (Å²) in [4.78, 5) is 4.47. The fourth-order valence-corrected chi connectivity index (χ4v) is 2.53. The molecule has 0 atom stereocenters. The van der Waals surface area contributed by atoms with E-state index in [4.69, 9.17) is 4.42 Å². The molecule has 0 radical (unpaired) electrons. The van der Waals surface area contributed by atoms with Crippen LogP contribution in [0.4, 0.5) is 0 Å². The molecule has 0 saturated heterocycles. The second-order valence-corrected chi connectivity index (χ2v) is 5.20. The van der Waals surface area contributed by atoms with Gasteiger partial charge in [0.05, 0.1) is 18.0 Å². The van der Waals surface area contributed by atoms with Crippen LogP contribution in [-0.2, 0) is 13.1 Å². The molecule has 2 heterocycles. The van der Waals surface area contributed by atoms with Gasteiger partial charge in [-0.2, -0.15) is 0 Å². The van der Waals surface area contributed by atoms with Crippen molar-refractivity contribution in [1.82, 2.24) is 10.3 Å². The molecule has 19 heavy (non-hydrogen) atoms. The third-order valence-electron chi connectivity index (χ3n) is 3.02. The lowest BCUT2D eigenvalue weighted by molar-refractivity contribution is 0.560. The van der Waals surface area contributed by atoms with E-state index in [0.29, 0.717) is 0 Å². The first-order valence-electron chi connectivity index (χ1n) is 6.08. The Morgan fingerprint density at radius 2 is 2.11 bits per heavy atom. The van der Waals surface area contributed by atoms with Crippen LogP contribution in [0.15, 0.2) is 57.9 Å². The summed E-state index contributed by atoms with van der Waals surface area (Å²) in [6, 6.07) is 10.2. The highest BCUT2D eigenvalue weighted by molar-refractivity contribution is 9.10. The van der Waals surface area contributed by atoms with Crippen LogP contribution >= 0.6 is 15.9 Å². The average molecular weight is 317 g/mol. The first-order chi connectivity index (χ1) is 9.34. The zero-order valence-corrected chi connectivity index (χ0v) is 11.9. The maximum atomic E-state index is 5.04. The number of hydrogen-bond donors (Lipinski definition) is 1. The average Bonchev–Trinajstić information content (AvgIpc) is 2.95. The second-order valence-electron chi connectivity index (χ2n) is 4.34. The molecule has 0 fully saturated rings. The minimum Gasteiger partial charge on any atom is -0.472 e. The van der Waals surface area contributed by atoms with Crippen LogP contribution in [0.2, 0.25) is 0 Å². The first kappa shape index (κ1) is 12.4. The Bertz CT molecular complexity index is 680. The first-order valence-corrected chi connectivity index (χ1v) is 6.88. The van der Waals surface area contributed by atoms with Gasteiger partial charge in [-0.15, -0.1) is 0 Å². The number of aromatic nitrogens is 1. The number of benzene rings is 1. The normalized spacial score (nSPS) is 11.0. The zero-order valence-electron chi connectivity index (χ0n) is 10.3. The lowest BCUT2D eigenvalue weighted by Crippen LogP contribution is -2.12. The van der Waals surface area contributed by atoms with Crippen molar-refractivity contribution < 1.29 is 4.42 Å². The van der Waals surface area contributed by atoms with Crippen molar-refractivity contribution in [3.63, 3.8) is 0 Å². The summed E-state index contributed by atoms with van der Waals surface area (Å²) < 4.78 is 6.12. The zero-order chi connectivity index (χ0) is 13.1. The summed E-state index contributed by atoms with van der Waals surface area (Å²) in [7, 11) is 0. The molecular weight excluding hydrogens is 304 g/mol. The number of nitrogens with one attached hydrogen (secondary N) is 1. The van der Waals surface area contributed by atoms with E-state index in [1.807, 2.05) is 18.3 Å². The molecular formula is C15H13BrN2O. The predicted molar refractivity (Wildman–Crippen MR) is 78.7 cm³/mol. The summed E-state index contributed by atoms with van der Waals surface area (Å²) in [5.74, 6) is 0. The highest BCUT2D eigenvalue weighted by Crippen LogP contribution is 2.25. The standard InChI is InChI=1S/C15H13BrN2O/c16-14-4-3-12(15-13(14)2-1-6-18-15)9-17-8-11-5-7-19-10-11/h1-7,10,17H,8-9H2. The molecule has 0 spiro atoms. The number of hydrogen-bond acceptors (Lipinski definition) is 3. The van der Waals surface area contributed by atoms with Crippen molar-refractivity contribution in [3.05, 3.63) is 64.7 Å². The number of pyridine rings is 1. The van der Waals surface area contributed by atoms with E-state index in [-0.39, 0.29) is 0 Å². The Morgan fingerprint density at radius 3 is 2.95 bits per heavy atom. The van der Waals surface area contributed by atoms with Gasteiger partial charge in [-0.25, -0.2) is 0 Å². The van der Waals surface area contributed by atoms with Crippen molar-refractivity contribution >= 4 is 26.8 Å². The van der Waals surface area contributed by atoms with Gasteiger partial charge in [0, 0.05) is 34.7 Å². The van der Waals surface area contributed by atoms with Gasteiger partial charge in [0.15, 0.2) is 0 Å². The van der Waals surface area contributed by atoms with Crippen LogP contribution in [0.1, 0.15) is 11.1 Å². The number of furan rings is 1. The van der Waals surface area contributed by atoms with Crippen LogP contribution in [0.5, 0.6) is 0 Å². The summed E-state index contributed by atoms with van der Waals surface area (Å²) in [5, 5.41) is 4.54. The monoisotopic (exact) mass is 316 g/mol. The quantitative estimate of drug-likeness (QED) is 0.793. The molecule has 3 rings (SSSR count). The number of fused-ring (bicyclic) bond motifs is 1. The van der Waals surface area contributed by atoms with Crippen LogP contribution in [-0.4, -0.2) is 4.98 Å². The fourth-order valence-electron chi connectivity index (χ4n) is 2.07. The Balaban J connectivity index is 1.79. The number of halogens is 1. The summed E-state index contributed by atoms with van der Waals surface area (Å²) in [5.41, 5.74) is 3.38. The molecule has 0 bridgehead atoms. The molecule has 0 unspecified atom stereocenters. The van der Waals surface area contributed by atoms with E-state index in [1.54, 1.807) is 12.5 Å². The summed E-state index contributed by atoms with van der Waals surface area (Å²) in [6.07, 6.45) is 5.27. The Labute approximate surface area is 119 Å². The maximum Gasteiger partial charge on any atom is 0.0947 e. The van der Waals surface area contributed by atoms with Crippen LogP contribution in [0, 0.1) is 0 Å². The van der Waals surface area contributed by atoms with Crippen molar-refractivity contribution in [2.75, 3.05) is 0 Å². The molecule has 96 valence electrons. The maximum absolute atomic E-state index is 5.04. The molecule has 2 aromatic heterocycles. The van der Waals surface area contributed by atoms with Crippen LogP contribution < -0.4 is 5.32 Å². The molecule has 0 aliphatic carbocycles. The van der Waals surface area contributed by atoms with Gasteiger partial charge in [0.25, 0.3) is 0 Å². The molecule has 0 saturated carbocycles. The van der Waals surface area contributed by atoms with E-state index in [0.717, 1.165) is 34.0 Å². The summed E-state index contributed by atoms with van der Waals surface area (Å²) in [6.45, 7) is 1.58. The number of rotatable bonds is 4. The Morgan fingerprint density at radius 1 is 1.16 bits per heavy atom. The van der Waals surface area contributed by atoms with Gasteiger partial charge in [-0.1, -0.05) is 28.1 Å². The molecule has 4 heteroatoms. The lowest BCUT2D eigenvalue weighted by Gasteiger charge is -2.08. The molecule has 1 aromatic carbocycles. The highest BCUT2D eigenvalue weighted by atomic mass is 79.9. The fraction of sp³-hybridized carbons (Fsp3) is 0.133. The molecule has 3 nitrogen and oxygen atoms in total. The Hall–Kier alpha value is -1.65. The van der Waals surface area contributed by atoms with Crippen molar-refractivity contribution in [1.29, 1.82) is 0 Å². The molecule has 3 aromatic rings. The van der Waals surface area contributed by atoms with Crippen LogP contribution in [0.25, 0.3) is 10.9 Å². The minimum absolute atomic E-state index is 0.784. The van der Waals surface area contributed by atoms with Gasteiger partial charge >= 0.3 is 0 Å². The lowest BCUT2D eigenvalue weighted by atomic mass is 10.1. The molecule has 0 amide bonds. The van der Waals surface area contributed by atoms with Crippen molar-refractivity contribution in [2.45, 2.75) is 13.1 Å². The van der Waals surface area contributed by atoms with Crippen LogP contribution in [0.3, 0.4) is 0 Å². The topological polar surface area (TPSA) is 38.1 Å². The summed E-state index contributed by atoms with van der Waals surface area (Å²) >= 11 is 3.56. The van der Waals surface area contributed by atoms with E-state index in [9.17, 15) is 0 Å². The van der Waals surface area contributed by atoms with E-state index >= 15 is 0 Å². The third-order valence-corrected chi connectivity index (χ3v) is 3.72. The largest absolute Gasteiger partial charge is 0.472 e. The highest BCUT2D eigenvalue weighted by Gasteiger charge is 2.05. The Kier molecular flexibility index (Phi) is 3.62. The molecule has 0 aliphatic rings. The molecule has 0 aliphatic heterocycles. The number of nitrogens with zero attached hydrogens (tertiary/aromatic N) is 1.